The number of fused-ring (bicyclic) bond motifs is 1. The normalized spacial score (nSPS) is 11.1. The fraction of sp³-hybridized carbons (Fsp3) is 0. The summed E-state index contributed by atoms with van der Waals surface area (Å²) >= 11 is 12.0. The van der Waals surface area contributed by atoms with E-state index < -0.39 is 0 Å². The van der Waals surface area contributed by atoms with Crippen LogP contribution in [0.1, 0.15) is 0 Å². The van der Waals surface area contributed by atoms with Gasteiger partial charge in [0.25, 0.3) is 0 Å². The first-order valence-electron chi connectivity index (χ1n) is 5.23. The van der Waals surface area contributed by atoms with Gasteiger partial charge < -0.3 is 4.40 Å². The lowest BCUT2D eigenvalue weighted by Gasteiger charge is -2.00. The molecule has 0 unspecified atom stereocenters. The highest BCUT2D eigenvalue weighted by molar-refractivity contribution is 6.36. The number of rotatable bonds is 1. The van der Waals surface area contributed by atoms with Gasteiger partial charge in [-0.25, -0.2) is 9.37 Å². The van der Waals surface area contributed by atoms with E-state index >= 15 is 0 Å². The molecule has 0 bridgehead atoms. The first-order chi connectivity index (χ1) is 8.63. The Morgan fingerprint density at radius 2 is 1.89 bits per heavy atom. The Morgan fingerprint density at radius 1 is 1.06 bits per heavy atom. The summed E-state index contributed by atoms with van der Waals surface area (Å²) in [6, 6.07) is 8.18. The standard InChI is InChI=1S/C13H7Cl2FN2/c14-8-1-3-10(11(15)5-8)12-7-18-6-9(16)2-4-13(18)17-12/h1-7H. The number of halogens is 3. The molecule has 3 aromatic rings. The molecule has 0 atom stereocenters. The Balaban J connectivity index is 2.19. The number of benzene rings is 1. The van der Waals surface area contributed by atoms with Gasteiger partial charge in [-0.15, -0.1) is 0 Å². The summed E-state index contributed by atoms with van der Waals surface area (Å²) in [5.41, 5.74) is 2.12. The second-order valence-corrected chi connectivity index (χ2v) is 4.71. The van der Waals surface area contributed by atoms with Gasteiger partial charge in [-0.1, -0.05) is 23.2 Å². The summed E-state index contributed by atoms with van der Waals surface area (Å²) < 4.78 is 14.7. The summed E-state index contributed by atoms with van der Waals surface area (Å²) in [6.45, 7) is 0. The molecule has 2 aromatic heterocycles. The minimum atomic E-state index is -0.311. The Labute approximate surface area is 113 Å². The molecule has 0 radical (unpaired) electrons. The minimum absolute atomic E-state index is 0.311. The van der Waals surface area contributed by atoms with Crippen LogP contribution in [-0.2, 0) is 0 Å². The minimum Gasteiger partial charge on any atom is -0.304 e. The van der Waals surface area contributed by atoms with Crippen LogP contribution >= 0.6 is 23.2 Å². The van der Waals surface area contributed by atoms with E-state index in [1.807, 2.05) is 0 Å². The Bertz CT molecular complexity index is 737. The van der Waals surface area contributed by atoms with E-state index in [-0.39, 0.29) is 5.82 Å². The highest BCUT2D eigenvalue weighted by Crippen LogP contribution is 2.29. The first kappa shape index (κ1) is 11.5. The molecule has 0 fully saturated rings. The average molecular weight is 281 g/mol. The number of imidazole rings is 1. The lowest BCUT2D eigenvalue weighted by atomic mass is 10.2. The van der Waals surface area contributed by atoms with E-state index in [1.54, 1.807) is 34.9 Å². The molecular formula is C13H7Cl2FN2. The van der Waals surface area contributed by atoms with E-state index in [0.29, 0.717) is 21.4 Å². The molecule has 5 heteroatoms. The molecule has 0 spiro atoms. The molecule has 2 heterocycles. The fourth-order valence-electron chi connectivity index (χ4n) is 1.79. The molecule has 2 nitrogen and oxygen atoms in total. The van der Waals surface area contributed by atoms with Crippen molar-refractivity contribution in [1.29, 1.82) is 0 Å². The highest BCUT2D eigenvalue weighted by Gasteiger charge is 2.09. The molecule has 0 saturated heterocycles. The molecule has 0 N–H and O–H groups in total. The number of nitrogens with zero attached hydrogens (tertiary/aromatic N) is 2. The summed E-state index contributed by atoms with van der Waals surface area (Å²) in [5, 5.41) is 1.09. The maximum absolute atomic E-state index is 13.1. The molecule has 3 rings (SSSR count). The van der Waals surface area contributed by atoms with E-state index in [4.69, 9.17) is 23.2 Å². The van der Waals surface area contributed by atoms with Crippen LogP contribution in [-0.4, -0.2) is 9.38 Å². The van der Waals surface area contributed by atoms with Gasteiger partial charge in [0.15, 0.2) is 0 Å². The largest absolute Gasteiger partial charge is 0.304 e. The molecule has 0 aliphatic rings. The monoisotopic (exact) mass is 280 g/mol. The van der Waals surface area contributed by atoms with Gasteiger partial charge in [0.2, 0.25) is 0 Å². The molecule has 0 saturated carbocycles. The van der Waals surface area contributed by atoms with Gasteiger partial charge in [-0.3, -0.25) is 0 Å². The molecular weight excluding hydrogens is 274 g/mol. The second-order valence-electron chi connectivity index (χ2n) is 3.86. The number of aromatic nitrogens is 2. The van der Waals surface area contributed by atoms with Crippen LogP contribution < -0.4 is 0 Å². The smallest absolute Gasteiger partial charge is 0.139 e. The molecule has 0 aliphatic carbocycles. The van der Waals surface area contributed by atoms with Gasteiger partial charge >= 0.3 is 0 Å². The lowest BCUT2D eigenvalue weighted by Crippen LogP contribution is -1.83. The van der Waals surface area contributed by atoms with Crippen LogP contribution in [0.5, 0.6) is 0 Å². The van der Waals surface area contributed by atoms with Gasteiger partial charge in [-0.05, 0) is 30.3 Å². The van der Waals surface area contributed by atoms with Crippen molar-refractivity contribution in [2.45, 2.75) is 0 Å². The van der Waals surface area contributed by atoms with Crippen LogP contribution in [0, 0.1) is 5.82 Å². The van der Waals surface area contributed by atoms with Gasteiger partial charge in [0.1, 0.15) is 11.5 Å². The summed E-state index contributed by atoms with van der Waals surface area (Å²) in [7, 11) is 0. The highest BCUT2D eigenvalue weighted by atomic mass is 35.5. The van der Waals surface area contributed by atoms with E-state index in [9.17, 15) is 4.39 Å². The fourth-order valence-corrected chi connectivity index (χ4v) is 2.30. The molecule has 0 amide bonds. The predicted octanol–water partition coefficient (Wildman–Crippen LogP) is 4.45. The summed E-state index contributed by atoms with van der Waals surface area (Å²) in [5.74, 6) is -0.311. The third-order valence-corrected chi connectivity index (χ3v) is 3.17. The van der Waals surface area contributed by atoms with Crippen LogP contribution in [0.3, 0.4) is 0 Å². The molecule has 18 heavy (non-hydrogen) atoms. The van der Waals surface area contributed by atoms with Crippen molar-refractivity contribution in [3.05, 3.63) is 58.6 Å². The SMILES string of the molecule is Fc1ccc2nc(-c3ccc(Cl)cc3Cl)cn2c1. The van der Waals surface area contributed by atoms with Crippen molar-refractivity contribution in [1.82, 2.24) is 9.38 Å². The zero-order valence-corrected chi connectivity index (χ0v) is 10.6. The lowest BCUT2D eigenvalue weighted by molar-refractivity contribution is 0.619. The van der Waals surface area contributed by atoms with Crippen molar-refractivity contribution in [2.75, 3.05) is 0 Å². The van der Waals surface area contributed by atoms with Crippen molar-refractivity contribution in [3.63, 3.8) is 0 Å². The summed E-state index contributed by atoms with van der Waals surface area (Å²) in [4.78, 5) is 4.38. The maximum Gasteiger partial charge on any atom is 0.139 e. The van der Waals surface area contributed by atoms with Crippen molar-refractivity contribution < 1.29 is 4.39 Å². The Hall–Kier alpha value is -1.58. The third kappa shape index (κ3) is 1.96. The van der Waals surface area contributed by atoms with Crippen molar-refractivity contribution >= 4 is 28.8 Å². The Morgan fingerprint density at radius 3 is 2.67 bits per heavy atom. The topological polar surface area (TPSA) is 17.3 Å². The van der Waals surface area contributed by atoms with Gasteiger partial charge in [0, 0.05) is 23.0 Å². The second kappa shape index (κ2) is 4.26. The van der Waals surface area contributed by atoms with Crippen LogP contribution in [0.2, 0.25) is 10.0 Å². The quantitative estimate of drug-likeness (QED) is 0.644. The van der Waals surface area contributed by atoms with E-state index in [1.165, 1.54) is 12.3 Å². The molecule has 90 valence electrons. The number of hydrogen-bond donors (Lipinski definition) is 0. The van der Waals surface area contributed by atoms with Crippen LogP contribution in [0.4, 0.5) is 4.39 Å². The van der Waals surface area contributed by atoms with Gasteiger partial charge in [-0.2, -0.15) is 0 Å². The van der Waals surface area contributed by atoms with Gasteiger partial charge in [0.05, 0.1) is 10.7 Å². The molecule has 0 aliphatic heterocycles. The van der Waals surface area contributed by atoms with Crippen LogP contribution in [0.25, 0.3) is 16.9 Å². The zero-order valence-electron chi connectivity index (χ0n) is 9.07. The van der Waals surface area contributed by atoms with E-state index in [0.717, 1.165) is 5.56 Å². The Kier molecular flexibility index (Phi) is 2.73. The molecule has 1 aromatic carbocycles. The van der Waals surface area contributed by atoms with Crippen molar-refractivity contribution in [3.8, 4) is 11.3 Å². The first-order valence-corrected chi connectivity index (χ1v) is 5.99. The number of pyridine rings is 1. The predicted molar refractivity (Wildman–Crippen MR) is 70.6 cm³/mol. The third-order valence-electron chi connectivity index (χ3n) is 2.62. The average Bonchev–Trinajstić information content (AvgIpc) is 2.71. The van der Waals surface area contributed by atoms with E-state index in [2.05, 4.69) is 4.98 Å². The van der Waals surface area contributed by atoms with Crippen molar-refractivity contribution in [2.24, 2.45) is 0 Å². The summed E-state index contributed by atoms with van der Waals surface area (Å²) in [6.07, 6.45) is 3.10. The van der Waals surface area contributed by atoms with Crippen LogP contribution in [0.15, 0.2) is 42.7 Å². The maximum atomic E-state index is 13.1. The number of hydrogen-bond acceptors (Lipinski definition) is 1. The zero-order chi connectivity index (χ0) is 12.7.